The summed E-state index contributed by atoms with van der Waals surface area (Å²) in [6, 6.07) is 7.18. The number of hydrogen-bond donors (Lipinski definition) is 1. The molecular weight excluding hydrogens is 246 g/mol. The van der Waals surface area contributed by atoms with Gasteiger partial charge in [0.2, 0.25) is 0 Å². The Bertz CT molecular complexity index is 356. The van der Waals surface area contributed by atoms with Gasteiger partial charge in [-0.25, -0.2) is 0 Å². The molecule has 0 bridgehead atoms. The first-order valence-corrected chi connectivity index (χ1v) is 7.97. The molecule has 0 spiro atoms. The number of nitrogens with one attached hydrogen (secondary N) is 1. The van der Waals surface area contributed by atoms with Crippen LogP contribution >= 0.6 is 22.7 Å². The third-order valence-electron chi connectivity index (χ3n) is 2.77. The minimum absolute atomic E-state index is 0.572. The summed E-state index contributed by atoms with van der Waals surface area (Å²) in [7, 11) is 0. The molecule has 2 aromatic heterocycles. The zero-order valence-corrected chi connectivity index (χ0v) is 11.8. The Morgan fingerprint density at radius 1 is 1.24 bits per heavy atom. The first-order valence-electron chi connectivity index (χ1n) is 6.15. The highest BCUT2D eigenvalue weighted by molar-refractivity contribution is 7.09. The highest BCUT2D eigenvalue weighted by Gasteiger charge is 2.10. The molecule has 0 aliphatic heterocycles. The Kier molecular flexibility index (Phi) is 5.23. The first-order chi connectivity index (χ1) is 8.38. The minimum Gasteiger partial charge on any atom is -0.313 e. The van der Waals surface area contributed by atoms with E-state index in [4.69, 9.17) is 0 Å². The molecule has 0 aromatic carbocycles. The van der Waals surface area contributed by atoms with E-state index in [0.29, 0.717) is 6.04 Å². The predicted molar refractivity (Wildman–Crippen MR) is 78.1 cm³/mol. The monoisotopic (exact) mass is 265 g/mol. The molecule has 0 fully saturated rings. The van der Waals surface area contributed by atoms with Crippen molar-refractivity contribution in [3.63, 3.8) is 0 Å². The van der Waals surface area contributed by atoms with Gasteiger partial charge in [-0.2, -0.15) is 11.3 Å². The molecule has 1 N–H and O–H groups in total. The molecule has 0 aliphatic rings. The van der Waals surface area contributed by atoms with Crippen LogP contribution in [0.15, 0.2) is 34.3 Å². The van der Waals surface area contributed by atoms with E-state index < -0.39 is 0 Å². The molecule has 0 saturated heterocycles. The summed E-state index contributed by atoms with van der Waals surface area (Å²) < 4.78 is 0. The summed E-state index contributed by atoms with van der Waals surface area (Å²) in [5.74, 6) is 0. The fraction of sp³-hybridized carbons (Fsp3) is 0.429. The maximum Gasteiger partial charge on any atom is 0.0156 e. The summed E-state index contributed by atoms with van der Waals surface area (Å²) in [5, 5.41) is 10.2. The second-order valence-electron chi connectivity index (χ2n) is 4.27. The second-order valence-corrected chi connectivity index (χ2v) is 6.08. The lowest BCUT2D eigenvalue weighted by molar-refractivity contribution is 0.508. The van der Waals surface area contributed by atoms with E-state index in [1.54, 1.807) is 11.3 Å². The van der Waals surface area contributed by atoms with Gasteiger partial charge in [-0.05, 0) is 59.6 Å². The third kappa shape index (κ3) is 4.26. The topological polar surface area (TPSA) is 12.0 Å². The van der Waals surface area contributed by atoms with Crippen molar-refractivity contribution >= 4 is 22.7 Å². The van der Waals surface area contributed by atoms with Crippen LogP contribution in [0.3, 0.4) is 0 Å². The van der Waals surface area contributed by atoms with Crippen LogP contribution in [0.25, 0.3) is 0 Å². The highest BCUT2D eigenvalue weighted by atomic mass is 32.1. The lowest BCUT2D eigenvalue weighted by Gasteiger charge is -2.17. The van der Waals surface area contributed by atoms with Gasteiger partial charge in [0.1, 0.15) is 0 Å². The first kappa shape index (κ1) is 12.8. The van der Waals surface area contributed by atoms with Gasteiger partial charge < -0.3 is 5.32 Å². The molecule has 3 heteroatoms. The Morgan fingerprint density at radius 2 is 2.18 bits per heavy atom. The van der Waals surface area contributed by atoms with E-state index in [-0.39, 0.29) is 0 Å². The van der Waals surface area contributed by atoms with Crippen molar-refractivity contribution < 1.29 is 0 Å². The molecule has 0 radical (unpaired) electrons. The van der Waals surface area contributed by atoms with Crippen molar-refractivity contribution in [3.05, 3.63) is 44.8 Å². The van der Waals surface area contributed by atoms with E-state index in [9.17, 15) is 0 Å². The van der Waals surface area contributed by atoms with E-state index in [1.165, 1.54) is 16.9 Å². The van der Waals surface area contributed by atoms with Gasteiger partial charge >= 0.3 is 0 Å². The Labute approximate surface area is 112 Å². The normalized spacial score (nSPS) is 12.8. The molecule has 92 valence electrons. The summed E-state index contributed by atoms with van der Waals surface area (Å²) in [5.41, 5.74) is 1.46. The second kappa shape index (κ2) is 6.94. The van der Waals surface area contributed by atoms with Crippen LogP contribution in [0.2, 0.25) is 0 Å². The van der Waals surface area contributed by atoms with Gasteiger partial charge in [0.05, 0.1) is 0 Å². The molecule has 2 aromatic rings. The van der Waals surface area contributed by atoms with E-state index >= 15 is 0 Å². The number of rotatable bonds is 7. The molecule has 0 saturated carbocycles. The van der Waals surface area contributed by atoms with Crippen molar-refractivity contribution in [1.82, 2.24) is 5.32 Å². The van der Waals surface area contributed by atoms with Gasteiger partial charge in [-0.15, -0.1) is 11.3 Å². The van der Waals surface area contributed by atoms with Gasteiger partial charge in [0.15, 0.2) is 0 Å². The molecular formula is C14H19NS2. The van der Waals surface area contributed by atoms with E-state index in [0.717, 1.165) is 19.4 Å². The van der Waals surface area contributed by atoms with Gasteiger partial charge in [-0.1, -0.05) is 13.0 Å². The van der Waals surface area contributed by atoms with Crippen molar-refractivity contribution in [3.8, 4) is 0 Å². The molecule has 1 atom stereocenters. The fourth-order valence-corrected chi connectivity index (χ4v) is 3.40. The molecule has 2 rings (SSSR count). The Balaban J connectivity index is 1.92. The lowest BCUT2D eigenvalue weighted by Crippen LogP contribution is -2.33. The van der Waals surface area contributed by atoms with E-state index in [1.807, 2.05) is 11.3 Å². The van der Waals surface area contributed by atoms with Gasteiger partial charge in [0, 0.05) is 10.9 Å². The maximum atomic E-state index is 3.66. The van der Waals surface area contributed by atoms with Gasteiger partial charge in [-0.3, -0.25) is 0 Å². The minimum atomic E-state index is 0.572. The largest absolute Gasteiger partial charge is 0.313 e. The molecule has 1 nitrogen and oxygen atoms in total. The van der Waals surface area contributed by atoms with Gasteiger partial charge in [0.25, 0.3) is 0 Å². The van der Waals surface area contributed by atoms with Crippen molar-refractivity contribution in [1.29, 1.82) is 0 Å². The van der Waals surface area contributed by atoms with Crippen LogP contribution in [0.5, 0.6) is 0 Å². The van der Waals surface area contributed by atoms with E-state index in [2.05, 4.69) is 46.6 Å². The quantitative estimate of drug-likeness (QED) is 0.799. The number of thiophene rings is 2. The zero-order chi connectivity index (χ0) is 11.9. The molecule has 17 heavy (non-hydrogen) atoms. The molecule has 0 aliphatic carbocycles. The zero-order valence-electron chi connectivity index (χ0n) is 10.2. The molecule has 1 unspecified atom stereocenters. The van der Waals surface area contributed by atoms with Crippen LogP contribution in [-0.4, -0.2) is 12.6 Å². The van der Waals surface area contributed by atoms with Crippen molar-refractivity contribution in [2.45, 2.75) is 32.2 Å². The molecule has 0 amide bonds. The Hall–Kier alpha value is -0.640. The van der Waals surface area contributed by atoms with Crippen molar-refractivity contribution in [2.75, 3.05) is 6.54 Å². The average Bonchev–Trinajstić information content (AvgIpc) is 2.99. The highest BCUT2D eigenvalue weighted by Crippen LogP contribution is 2.15. The van der Waals surface area contributed by atoms with Crippen LogP contribution < -0.4 is 5.32 Å². The van der Waals surface area contributed by atoms with Crippen LogP contribution in [0.4, 0.5) is 0 Å². The average molecular weight is 265 g/mol. The summed E-state index contributed by atoms with van der Waals surface area (Å²) in [6.07, 6.45) is 3.49. The van der Waals surface area contributed by atoms with Crippen LogP contribution in [0.1, 0.15) is 23.8 Å². The standard InChI is InChI=1S/C14H19NS2/c1-2-6-15-13(9-12-5-8-16-11-12)10-14-4-3-7-17-14/h3-5,7-8,11,13,15H,2,6,9-10H2,1H3. The molecule has 2 heterocycles. The SMILES string of the molecule is CCCNC(Cc1ccsc1)Cc1cccs1. The van der Waals surface area contributed by atoms with Crippen LogP contribution in [-0.2, 0) is 12.8 Å². The summed E-state index contributed by atoms with van der Waals surface area (Å²) >= 11 is 3.65. The predicted octanol–water partition coefficient (Wildman–Crippen LogP) is 3.96. The summed E-state index contributed by atoms with van der Waals surface area (Å²) in [6.45, 7) is 3.33. The third-order valence-corrected chi connectivity index (χ3v) is 4.40. The smallest absolute Gasteiger partial charge is 0.0156 e. The maximum absolute atomic E-state index is 3.66. The summed E-state index contributed by atoms with van der Waals surface area (Å²) in [4.78, 5) is 1.48. The van der Waals surface area contributed by atoms with Crippen LogP contribution in [0, 0.1) is 0 Å². The van der Waals surface area contributed by atoms with Crippen molar-refractivity contribution in [2.24, 2.45) is 0 Å². The fourth-order valence-electron chi connectivity index (χ4n) is 1.93. The Morgan fingerprint density at radius 3 is 2.82 bits per heavy atom. The lowest BCUT2D eigenvalue weighted by atomic mass is 10.0. The number of hydrogen-bond acceptors (Lipinski definition) is 3.